The van der Waals surface area contributed by atoms with Gasteiger partial charge in [0.2, 0.25) is 0 Å². The molecule has 0 bridgehead atoms. The van der Waals surface area contributed by atoms with E-state index in [0.29, 0.717) is 16.3 Å². The molecule has 0 heterocycles. The third kappa shape index (κ3) is 3.16. The summed E-state index contributed by atoms with van der Waals surface area (Å²) >= 11 is 5.97. The average molecular weight is 267 g/mol. The van der Waals surface area contributed by atoms with E-state index in [-0.39, 0.29) is 11.9 Å². The second-order valence-corrected chi connectivity index (χ2v) is 5.49. The molecule has 0 atom stereocenters. The zero-order valence-corrected chi connectivity index (χ0v) is 11.3. The first kappa shape index (κ1) is 13.2. The SMILES string of the molecule is CC1CCC(Oc2cc(Cl)ccc2C(=N)N)CC1. The molecule has 1 aliphatic carbocycles. The Labute approximate surface area is 113 Å². The van der Waals surface area contributed by atoms with Crippen molar-refractivity contribution < 1.29 is 4.74 Å². The molecule has 1 aromatic rings. The van der Waals surface area contributed by atoms with E-state index in [1.165, 1.54) is 12.8 Å². The molecule has 1 saturated carbocycles. The van der Waals surface area contributed by atoms with Crippen LogP contribution in [0.1, 0.15) is 38.2 Å². The molecular weight excluding hydrogens is 248 g/mol. The molecule has 4 heteroatoms. The van der Waals surface area contributed by atoms with Crippen molar-refractivity contribution in [3.05, 3.63) is 28.8 Å². The Kier molecular flexibility index (Phi) is 4.12. The van der Waals surface area contributed by atoms with Crippen molar-refractivity contribution in [1.82, 2.24) is 0 Å². The van der Waals surface area contributed by atoms with Crippen LogP contribution in [0.5, 0.6) is 5.75 Å². The third-order valence-electron chi connectivity index (χ3n) is 3.49. The Hall–Kier alpha value is -1.22. The summed E-state index contributed by atoms with van der Waals surface area (Å²) in [6, 6.07) is 5.22. The predicted octanol–water partition coefficient (Wildman–Crippen LogP) is 3.58. The molecule has 0 unspecified atom stereocenters. The fourth-order valence-corrected chi connectivity index (χ4v) is 2.51. The van der Waals surface area contributed by atoms with Gasteiger partial charge in [-0.25, -0.2) is 0 Å². The lowest BCUT2D eigenvalue weighted by molar-refractivity contribution is 0.135. The highest BCUT2D eigenvalue weighted by Gasteiger charge is 2.21. The second kappa shape index (κ2) is 5.61. The Balaban J connectivity index is 2.12. The third-order valence-corrected chi connectivity index (χ3v) is 3.73. The number of halogens is 1. The van der Waals surface area contributed by atoms with Crippen LogP contribution in [-0.2, 0) is 0 Å². The van der Waals surface area contributed by atoms with Gasteiger partial charge >= 0.3 is 0 Å². The first-order valence-corrected chi connectivity index (χ1v) is 6.74. The zero-order chi connectivity index (χ0) is 13.1. The molecule has 0 amide bonds. The molecule has 0 spiro atoms. The molecule has 0 radical (unpaired) electrons. The van der Waals surface area contributed by atoms with Crippen molar-refractivity contribution in [2.45, 2.75) is 38.7 Å². The number of nitrogens with one attached hydrogen (secondary N) is 1. The highest BCUT2D eigenvalue weighted by atomic mass is 35.5. The lowest BCUT2D eigenvalue weighted by atomic mass is 9.89. The van der Waals surface area contributed by atoms with E-state index >= 15 is 0 Å². The second-order valence-electron chi connectivity index (χ2n) is 5.05. The van der Waals surface area contributed by atoms with Gasteiger partial charge < -0.3 is 10.5 Å². The van der Waals surface area contributed by atoms with E-state index in [1.54, 1.807) is 18.2 Å². The number of ether oxygens (including phenoxy) is 1. The van der Waals surface area contributed by atoms with Crippen LogP contribution >= 0.6 is 11.6 Å². The van der Waals surface area contributed by atoms with Gasteiger partial charge in [-0.3, -0.25) is 5.41 Å². The van der Waals surface area contributed by atoms with Crippen molar-refractivity contribution in [2.75, 3.05) is 0 Å². The Bertz CT molecular complexity index is 439. The van der Waals surface area contributed by atoms with Crippen LogP contribution in [0, 0.1) is 11.3 Å². The van der Waals surface area contributed by atoms with Crippen LogP contribution in [0.2, 0.25) is 5.02 Å². The smallest absolute Gasteiger partial charge is 0.132 e. The van der Waals surface area contributed by atoms with E-state index in [9.17, 15) is 0 Å². The fourth-order valence-electron chi connectivity index (χ4n) is 2.34. The minimum atomic E-state index is 0.0193. The number of hydrogen-bond acceptors (Lipinski definition) is 2. The molecule has 98 valence electrons. The maximum atomic E-state index is 7.55. The molecule has 2 rings (SSSR count). The van der Waals surface area contributed by atoms with E-state index in [2.05, 4.69) is 6.92 Å². The first-order valence-electron chi connectivity index (χ1n) is 6.37. The number of nitrogen functional groups attached to an aromatic ring is 1. The van der Waals surface area contributed by atoms with Crippen molar-refractivity contribution in [3.8, 4) is 5.75 Å². The molecule has 18 heavy (non-hydrogen) atoms. The van der Waals surface area contributed by atoms with Gasteiger partial charge in [-0.1, -0.05) is 18.5 Å². The molecule has 0 saturated heterocycles. The lowest BCUT2D eigenvalue weighted by Gasteiger charge is -2.27. The summed E-state index contributed by atoms with van der Waals surface area (Å²) in [5.41, 5.74) is 6.18. The van der Waals surface area contributed by atoms with Crippen LogP contribution in [-0.4, -0.2) is 11.9 Å². The first-order chi connectivity index (χ1) is 8.56. The molecule has 1 aliphatic rings. The van der Waals surface area contributed by atoms with E-state index in [1.807, 2.05) is 0 Å². The van der Waals surface area contributed by atoms with Crippen molar-refractivity contribution in [1.29, 1.82) is 5.41 Å². The zero-order valence-electron chi connectivity index (χ0n) is 10.6. The number of hydrogen-bond donors (Lipinski definition) is 2. The number of nitrogens with two attached hydrogens (primary N) is 1. The summed E-state index contributed by atoms with van der Waals surface area (Å²) in [5.74, 6) is 1.44. The highest BCUT2D eigenvalue weighted by molar-refractivity contribution is 6.30. The molecule has 3 nitrogen and oxygen atoms in total. The molecule has 0 aromatic heterocycles. The minimum absolute atomic E-state index is 0.0193. The molecular formula is C14H19ClN2O. The topological polar surface area (TPSA) is 59.1 Å². The maximum absolute atomic E-state index is 7.55. The van der Waals surface area contributed by atoms with E-state index < -0.39 is 0 Å². The van der Waals surface area contributed by atoms with Crippen LogP contribution < -0.4 is 10.5 Å². The van der Waals surface area contributed by atoms with Crippen molar-refractivity contribution in [3.63, 3.8) is 0 Å². The monoisotopic (exact) mass is 266 g/mol. The van der Waals surface area contributed by atoms with Gasteiger partial charge in [0.25, 0.3) is 0 Å². The van der Waals surface area contributed by atoms with Crippen LogP contribution in [0.15, 0.2) is 18.2 Å². The van der Waals surface area contributed by atoms with Gasteiger partial charge in [-0.2, -0.15) is 0 Å². The fraction of sp³-hybridized carbons (Fsp3) is 0.500. The van der Waals surface area contributed by atoms with E-state index in [0.717, 1.165) is 18.8 Å². The number of amidine groups is 1. The molecule has 3 N–H and O–H groups in total. The quantitative estimate of drug-likeness (QED) is 0.649. The summed E-state index contributed by atoms with van der Waals surface area (Å²) in [6.45, 7) is 2.27. The average Bonchev–Trinajstić information content (AvgIpc) is 2.32. The predicted molar refractivity (Wildman–Crippen MR) is 74.5 cm³/mol. The maximum Gasteiger partial charge on any atom is 0.132 e. The molecule has 1 fully saturated rings. The normalized spacial score (nSPS) is 23.7. The summed E-state index contributed by atoms with van der Waals surface area (Å²) in [7, 11) is 0. The molecule has 1 aromatic carbocycles. The van der Waals surface area contributed by atoms with Gasteiger partial charge in [0.1, 0.15) is 11.6 Å². The van der Waals surface area contributed by atoms with Crippen LogP contribution in [0.4, 0.5) is 0 Å². The highest BCUT2D eigenvalue weighted by Crippen LogP contribution is 2.30. The Morgan fingerprint density at radius 1 is 1.33 bits per heavy atom. The van der Waals surface area contributed by atoms with E-state index in [4.69, 9.17) is 27.5 Å². The number of benzene rings is 1. The van der Waals surface area contributed by atoms with Gasteiger partial charge in [-0.15, -0.1) is 0 Å². The largest absolute Gasteiger partial charge is 0.490 e. The van der Waals surface area contributed by atoms with Gasteiger partial charge in [0.05, 0.1) is 11.7 Å². The Morgan fingerprint density at radius 3 is 2.61 bits per heavy atom. The lowest BCUT2D eigenvalue weighted by Crippen LogP contribution is -2.24. The summed E-state index contributed by atoms with van der Waals surface area (Å²) < 4.78 is 5.97. The van der Waals surface area contributed by atoms with Crippen LogP contribution in [0.25, 0.3) is 0 Å². The van der Waals surface area contributed by atoms with Crippen molar-refractivity contribution >= 4 is 17.4 Å². The van der Waals surface area contributed by atoms with Gasteiger partial charge in [0, 0.05) is 5.02 Å². The summed E-state index contributed by atoms with van der Waals surface area (Å²) in [6.07, 6.45) is 4.73. The van der Waals surface area contributed by atoms with Crippen molar-refractivity contribution in [2.24, 2.45) is 11.7 Å². The van der Waals surface area contributed by atoms with Gasteiger partial charge in [0.15, 0.2) is 0 Å². The molecule has 0 aliphatic heterocycles. The van der Waals surface area contributed by atoms with Gasteiger partial charge in [-0.05, 0) is 49.8 Å². The minimum Gasteiger partial charge on any atom is -0.490 e. The summed E-state index contributed by atoms with van der Waals surface area (Å²) in [4.78, 5) is 0. The number of rotatable bonds is 3. The standard InChI is InChI=1S/C14H19ClN2O/c1-9-2-5-11(6-3-9)18-13-8-10(15)4-7-12(13)14(16)17/h4,7-9,11H,2-3,5-6H2,1H3,(H3,16,17). The summed E-state index contributed by atoms with van der Waals surface area (Å²) in [5, 5.41) is 8.16. The Morgan fingerprint density at radius 2 is 2.00 bits per heavy atom. The van der Waals surface area contributed by atoms with Crippen LogP contribution in [0.3, 0.4) is 0 Å².